The second kappa shape index (κ2) is 9.83. The van der Waals surface area contributed by atoms with E-state index in [9.17, 15) is 9.18 Å². The molecule has 1 heterocycles. The molecule has 1 aliphatic heterocycles. The maximum absolute atomic E-state index is 13.9. The Hall–Kier alpha value is -2.35. The smallest absolute Gasteiger partial charge is 0.239 e. The molecule has 0 saturated carbocycles. The minimum absolute atomic E-state index is 0.108. The highest BCUT2D eigenvalue weighted by atomic mass is 19.1. The van der Waals surface area contributed by atoms with Gasteiger partial charge in [0.2, 0.25) is 5.91 Å². The molecule has 0 radical (unpaired) electrons. The van der Waals surface area contributed by atoms with Gasteiger partial charge in [-0.2, -0.15) is 0 Å². The number of methoxy groups -OCH3 is 1. The lowest BCUT2D eigenvalue weighted by Crippen LogP contribution is -2.54. The van der Waals surface area contributed by atoms with Crippen molar-refractivity contribution in [2.75, 3.05) is 64.9 Å². The minimum Gasteiger partial charge on any atom is -0.383 e. The normalized spacial score (nSPS) is 15.2. The van der Waals surface area contributed by atoms with Gasteiger partial charge in [-0.15, -0.1) is 0 Å². The second-order valence-electron chi connectivity index (χ2n) is 5.67. The highest BCUT2D eigenvalue weighted by Gasteiger charge is 2.21. The molecule has 1 aliphatic rings. The first-order valence-electron chi connectivity index (χ1n) is 8.36. The largest absolute Gasteiger partial charge is 0.383 e. The molecule has 0 spiro atoms. The fourth-order valence-corrected chi connectivity index (χ4v) is 2.71. The lowest BCUT2D eigenvalue weighted by atomic mass is 10.2. The summed E-state index contributed by atoms with van der Waals surface area (Å²) in [4.78, 5) is 20.1. The number of hydrogen-bond donors (Lipinski definition) is 2. The monoisotopic (exact) mass is 351 g/mol. The van der Waals surface area contributed by atoms with Gasteiger partial charge in [0.15, 0.2) is 5.96 Å². The molecule has 7 nitrogen and oxygen atoms in total. The van der Waals surface area contributed by atoms with Gasteiger partial charge < -0.3 is 25.2 Å². The maximum Gasteiger partial charge on any atom is 0.239 e. The van der Waals surface area contributed by atoms with Crippen LogP contribution in [-0.2, 0) is 9.53 Å². The van der Waals surface area contributed by atoms with E-state index in [0.717, 1.165) is 0 Å². The van der Waals surface area contributed by atoms with Gasteiger partial charge in [-0.3, -0.25) is 9.79 Å². The number of carbonyl (C=O) groups is 1. The molecule has 1 saturated heterocycles. The Bertz CT molecular complexity index is 588. The molecule has 25 heavy (non-hydrogen) atoms. The van der Waals surface area contributed by atoms with Crippen LogP contribution in [0.2, 0.25) is 0 Å². The van der Waals surface area contributed by atoms with Gasteiger partial charge in [0.25, 0.3) is 0 Å². The third-order valence-corrected chi connectivity index (χ3v) is 4.02. The van der Waals surface area contributed by atoms with Crippen LogP contribution in [0.5, 0.6) is 0 Å². The summed E-state index contributed by atoms with van der Waals surface area (Å²) < 4.78 is 18.8. The predicted molar refractivity (Wildman–Crippen MR) is 96.4 cm³/mol. The summed E-state index contributed by atoms with van der Waals surface area (Å²) in [5, 5.41) is 5.81. The first-order chi connectivity index (χ1) is 12.2. The summed E-state index contributed by atoms with van der Waals surface area (Å²) >= 11 is 0. The molecular formula is C17H26FN5O2. The van der Waals surface area contributed by atoms with Crippen molar-refractivity contribution in [3.05, 3.63) is 30.1 Å². The Morgan fingerprint density at radius 1 is 1.24 bits per heavy atom. The van der Waals surface area contributed by atoms with Gasteiger partial charge in [0.05, 0.1) is 18.8 Å². The number of carbonyl (C=O) groups excluding carboxylic acids is 1. The van der Waals surface area contributed by atoms with Gasteiger partial charge in [-0.25, -0.2) is 4.39 Å². The Labute approximate surface area is 147 Å². The van der Waals surface area contributed by atoms with Gasteiger partial charge in [0.1, 0.15) is 5.82 Å². The zero-order valence-corrected chi connectivity index (χ0v) is 14.8. The molecule has 0 aromatic heterocycles. The Morgan fingerprint density at radius 3 is 2.60 bits per heavy atom. The Balaban J connectivity index is 1.80. The summed E-state index contributed by atoms with van der Waals surface area (Å²) in [6.45, 7) is 3.93. The third-order valence-electron chi connectivity index (χ3n) is 4.02. The standard InChI is InChI=1S/C17H26FN5O2/c1-19-17(21-13-16(24)20-7-12-25-2)23-10-8-22(9-11-23)15-6-4-3-5-14(15)18/h3-6H,7-13H2,1-2H3,(H,19,21)(H,20,24). The quantitative estimate of drug-likeness (QED) is 0.438. The summed E-state index contributed by atoms with van der Waals surface area (Å²) in [7, 11) is 3.28. The van der Waals surface area contributed by atoms with Crippen molar-refractivity contribution in [1.82, 2.24) is 15.5 Å². The fraction of sp³-hybridized carbons (Fsp3) is 0.529. The zero-order chi connectivity index (χ0) is 18.1. The first-order valence-corrected chi connectivity index (χ1v) is 8.36. The van der Waals surface area contributed by atoms with E-state index < -0.39 is 0 Å². The summed E-state index contributed by atoms with van der Waals surface area (Å²) in [6.07, 6.45) is 0. The number of hydrogen-bond acceptors (Lipinski definition) is 4. The van der Waals surface area contributed by atoms with Crippen LogP contribution in [0.25, 0.3) is 0 Å². The molecule has 8 heteroatoms. The molecular weight excluding hydrogens is 325 g/mol. The molecule has 1 amide bonds. The van der Waals surface area contributed by atoms with E-state index in [-0.39, 0.29) is 18.3 Å². The van der Waals surface area contributed by atoms with Crippen molar-refractivity contribution in [1.29, 1.82) is 0 Å². The van der Waals surface area contributed by atoms with Crippen molar-refractivity contribution in [2.45, 2.75) is 0 Å². The summed E-state index contributed by atoms with van der Waals surface area (Å²) in [6, 6.07) is 6.80. The molecule has 0 aliphatic carbocycles. The molecule has 0 bridgehead atoms. The third kappa shape index (κ3) is 5.60. The van der Waals surface area contributed by atoms with E-state index in [1.54, 1.807) is 26.3 Å². The van der Waals surface area contributed by atoms with Crippen LogP contribution in [0.1, 0.15) is 0 Å². The van der Waals surface area contributed by atoms with Crippen LogP contribution >= 0.6 is 0 Å². The van der Waals surface area contributed by atoms with Crippen molar-refractivity contribution in [2.24, 2.45) is 4.99 Å². The molecule has 1 aromatic carbocycles. The lowest BCUT2D eigenvalue weighted by molar-refractivity contribution is -0.120. The molecule has 2 rings (SSSR count). The van der Waals surface area contributed by atoms with Crippen LogP contribution in [0.3, 0.4) is 0 Å². The number of anilines is 1. The number of nitrogens with zero attached hydrogens (tertiary/aromatic N) is 3. The first kappa shape index (κ1) is 19.0. The van der Waals surface area contributed by atoms with Crippen molar-refractivity contribution >= 4 is 17.6 Å². The molecule has 1 fully saturated rings. The number of para-hydroxylation sites is 1. The molecule has 2 N–H and O–H groups in total. The zero-order valence-electron chi connectivity index (χ0n) is 14.8. The highest BCUT2D eigenvalue weighted by Crippen LogP contribution is 2.20. The van der Waals surface area contributed by atoms with Crippen LogP contribution in [0.4, 0.5) is 10.1 Å². The van der Waals surface area contributed by atoms with Crippen molar-refractivity contribution in [3.8, 4) is 0 Å². The topological polar surface area (TPSA) is 69.2 Å². The predicted octanol–water partition coefficient (Wildman–Crippen LogP) is 0.286. The van der Waals surface area contributed by atoms with E-state index in [4.69, 9.17) is 4.74 Å². The molecule has 138 valence electrons. The lowest BCUT2D eigenvalue weighted by Gasteiger charge is -2.37. The average molecular weight is 351 g/mol. The van der Waals surface area contributed by atoms with E-state index in [0.29, 0.717) is 51.0 Å². The van der Waals surface area contributed by atoms with Crippen LogP contribution in [0.15, 0.2) is 29.3 Å². The number of benzene rings is 1. The number of piperazine rings is 1. The number of guanidine groups is 1. The molecule has 0 atom stereocenters. The summed E-state index contributed by atoms with van der Waals surface area (Å²) in [5.74, 6) is 0.365. The van der Waals surface area contributed by atoms with E-state index in [2.05, 4.69) is 20.5 Å². The fourth-order valence-electron chi connectivity index (χ4n) is 2.71. The van der Waals surface area contributed by atoms with Crippen LogP contribution in [0, 0.1) is 5.82 Å². The number of aliphatic imine (C=N–C) groups is 1. The number of amides is 1. The number of rotatable bonds is 6. The van der Waals surface area contributed by atoms with Crippen molar-refractivity contribution < 1.29 is 13.9 Å². The second-order valence-corrected chi connectivity index (χ2v) is 5.67. The Kier molecular flexibility index (Phi) is 7.46. The SMILES string of the molecule is CN=C(NCC(=O)NCCOC)N1CCN(c2ccccc2F)CC1. The average Bonchev–Trinajstić information content (AvgIpc) is 2.63. The van der Waals surface area contributed by atoms with Crippen molar-refractivity contribution in [3.63, 3.8) is 0 Å². The minimum atomic E-state index is -0.203. The molecule has 1 aromatic rings. The van der Waals surface area contributed by atoms with E-state index >= 15 is 0 Å². The van der Waals surface area contributed by atoms with Crippen LogP contribution < -0.4 is 15.5 Å². The van der Waals surface area contributed by atoms with E-state index in [1.807, 2.05) is 11.0 Å². The van der Waals surface area contributed by atoms with Gasteiger partial charge in [0, 0.05) is 46.9 Å². The van der Waals surface area contributed by atoms with Gasteiger partial charge in [-0.05, 0) is 12.1 Å². The summed E-state index contributed by atoms with van der Waals surface area (Å²) in [5.41, 5.74) is 0.627. The van der Waals surface area contributed by atoms with Crippen LogP contribution in [-0.4, -0.2) is 76.8 Å². The van der Waals surface area contributed by atoms with E-state index in [1.165, 1.54) is 6.07 Å². The number of ether oxygens (including phenoxy) is 1. The van der Waals surface area contributed by atoms with Gasteiger partial charge >= 0.3 is 0 Å². The molecule has 0 unspecified atom stereocenters. The van der Waals surface area contributed by atoms with Gasteiger partial charge in [-0.1, -0.05) is 12.1 Å². The highest BCUT2D eigenvalue weighted by molar-refractivity contribution is 5.86. The number of halogens is 1. The Morgan fingerprint density at radius 2 is 1.96 bits per heavy atom. The number of nitrogens with one attached hydrogen (secondary N) is 2. The maximum atomic E-state index is 13.9.